The Bertz CT molecular complexity index is 2230. The van der Waals surface area contributed by atoms with Crippen molar-refractivity contribution in [3.8, 4) is 11.5 Å². The molecular weight excluding hydrogens is 785 g/mol. The Morgan fingerprint density at radius 2 is 1.68 bits per heavy atom. The van der Waals surface area contributed by atoms with Crippen molar-refractivity contribution in [2.24, 2.45) is 5.14 Å². The van der Waals surface area contributed by atoms with Crippen LogP contribution in [0.5, 0.6) is 11.5 Å². The van der Waals surface area contributed by atoms with Crippen LogP contribution in [0.1, 0.15) is 42.3 Å². The number of carboxylic acid groups (broad SMARTS) is 1. The lowest BCUT2D eigenvalue weighted by Gasteiger charge is -2.22. The summed E-state index contributed by atoms with van der Waals surface area (Å²) in [5, 5.41) is 26.8. The van der Waals surface area contributed by atoms with Crippen molar-refractivity contribution in [2.75, 3.05) is 19.8 Å². The first-order chi connectivity index (χ1) is 26.5. The summed E-state index contributed by atoms with van der Waals surface area (Å²) in [7, 11) is -3.97. The Morgan fingerprint density at radius 1 is 1.02 bits per heavy atom. The summed E-state index contributed by atoms with van der Waals surface area (Å²) in [4.78, 5) is 16.3. The summed E-state index contributed by atoms with van der Waals surface area (Å²) in [6.45, 7) is 2.81. The highest BCUT2D eigenvalue weighted by molar-refractivity contribution is 7.91. The van der Waals surface area contributed by atoms with Crippen molar-refractivity contribution in [1.82, 2.24) is 25.3 Å². The summed E-state index contributed by atoms with van der Waals surface area (Å²) in [6, 6.07) is 14.7. The number of carbonyl (C=O) groups is 1. The third kappa shape index (κ3) is 10.6. The van der Waals surface area contributed by atoms with E-state index in [0.717, 1.165) is 29.0 Å². The zero-order valence-corrected chi connectivity index (χ0v) is 31.6. The predicted molar refractivity (Wildman–Crippen MR) is 194 cm³/mol. The molecule has 1 saturated heterocycles. The van der Waals surface area contributed by atoms with Gasteiger partial charge in [-0.15, -0.1) is 16.4 Å². The summed E-state index contributed by atoms with van der Waals surface area (Å²) < 4.78 is 101. The van der Waals surface area contributed by atoms with Gasteiger partial charge in [0.15, 0.2) is 5.79 Å². The van der Waals surface area contributed by atoms with E-state index in [2.05, 4.69) is 20.6 Å². The maximum absolute atomic E-state index is 13.5. The van der Waals surface area contributed by atoms with Gasteiger partial charge in [-0.25, -0.2) is 27.6 Å². The molecule has 3 heterocycles. The molecule has 4 atom stereocenters. The number of halogens is 4. The Kier molecular flexibility index (Phi) is 12.3. The lowest BCUT2D eigenvalue weighted by atomic mass is 10.0. The fourth-order valence-electron chi connectivity index (χ4n) is 6.01. The van der Waals surface area contributed by atoms with Gasteiger partial charge in [0.05, 0.1) is 28.0 Å². The second-order valence-corrected chi connectivity index (χ2v) is 16.3. The number of aromatic nitrogens is 4. The molecule has 0 bridgehead atoms. The zero-order chi connectivity index (χ0) is 40.3. The number of nitrogens with two attached hydrogens (primary N) is 1. The summed E-state index contributed by atoms with van der Waals surface area (Å²) in [5.74, 6) is -1.20. The molecule has 0 unspecified atom stereocenters. The maximum atomic E-state index is 13.5. The number of sulfonamides is 1. The van der Waals surface area contributed by atoms with Crippen molar-refractivity contribution in [3.63, 3.8) is 0 Å². The number of alkyl halides is 4. The van der Waals surface area contributed by atoms with E-state index in [1.807, 2.05) is 12.1 Å². The van der Waals surface area contributed by atoms with Crippen molar-refractivity contribution in [2.45, 2.75) is 73.9 Å². The van der Waals surface area contributed by atoms with Gasteiger partial charge in [0.2, 0.25) is 4.34 Å². The van der Waals surface area contributed by atoms with Crippen LogP contribution in [-0.4, -0.2) is 83.3 Å². The fourth-order valence-corrected chi connectivity index (χ4v) is 7.70. The minimum atomic E-state index is -4.52. The molecule has 0 amide bonds. The van der Waals surface area contributed by atoms with Gasteiger partial charge < -0.3 is 29.4 Å². The topological polar surface area (TPSA) is 190 Å². The third-order valence-electron chi connectivity index (χ3n) is 8.77. The average molecular weight is 823 g/mol. The number of fused-ring (bicyclic) bond motifs is 1. The van der Waals surface area contributed by atoms with E-state index >= 15 is 0 Å². The van der Waals surface area contributed by atoms with Crippen LogP contribution >= 0.6 is 11.3 Å². The van der Waals surface area contributed by atoms with Crippen molar-refractivity contribution < 1.29 is 54.8 Å². The Morgan fingerprint density at radius 3 is 2.34 bits per heavy atom. The highest BCUT2D eigenvalue weighted by atomic mass is 32.2. The molecule has 2 aromatic heterocycles. The number of hydrogen-bond acceptors (Lipinski definition) is 12. The van der Waals surface area contributed by atoms with E-state index in [1.165, 1.54) is 12.1 Å². The van der Waals surface area contributed by atoms with E-state index in [9.17, 15) is 35.9 Å². The molecule has 1 fully saturated rings. The van der Waals surface area contributed by atoms with E-state index in [1.54, 1.807) is 55.1 Å². The van der Waals surface area contributed by atoms with Crippen LogP contribution in [-0.2, 0) is 49.9 Å². The van der Waals surface area contributed by atoms with Crippen molar-refractivity contribution in [3.05, 3.63) is 95.3 Å². The van der Waals surface area contributed by atoms with E-state index in [0.29, 0.717) is 39.4 Å². The van der Waals surface area contributed by atoms with Crippen LogP contribution in [0.4, 0.5) is 17.6 Å². The largest absolute Gasteiger partial charge is 0.491 e. The number of thiazole rings is 1. The summed E-state index contributed by atoms with van der Waals surface area (Å²) >= 11 is 0.908. The number of carboxylic acids is 1. The van der Waals surface area contributed by atoms with E-state index < -0.39 is 64.5 Å². The Balaban J connectivity index is 1.15. The van der Waals surface area contributed by atoms with Crippen molar-refractivity contribution >= 4 is 37.5 Å². The zero-order valence-electron chi connectivity index (χ0n) is 30.0. The highest BCUT2D eigenvalue weighted by Crippen LogP contribution is 2.31. The molecule has 56 heavy (non-hydrogen) atoms. The number of hydrogen-bond donors (Lipinski definition) is 3. The smallest absolute Gasteiger partial charge is 0.416 e. The molecular formula is C36H38F4N6O8S2. The van der Waals surface area contributed by atoms with Crippen LogP contribution < -0.4 is 19.9 Å². The molecule has 0 spiro atoms. The number of nitrogens with one attached hydrogen (secondary N) is 1. The fraction of sp³-hybridized carbons (Fsp3) is 0.389. The first-order valence-corrected chi connectivity index (χ1v) is 19.5. The van der Waals surface area contributed by atoms with Gasteiger partial charge in [0, 0.05) is 6.54 Å². The number of nitrogens with zero attached hydrogens (tertiary/aromatic N) is 4. The molecule has 6 rings (SSSR count). The minimum Gasteiger partial charge on any atom is -0.491 e. The molecule has 1 aliphatic heterocycles. The normalized spacial score (nSPS) is 18.2. The van der Waals surface area contributed by atoms with Gasteiger partial charge in [-0.3, -0.25) is 4.79 Å². The molecule has 5 aromatic rings. The van der Waals surface area contributed by atoms with Crippen LogP contribution in [0, 0.1) is 0 Å². The van der Waals surface area contributed by atoms with Gasteiger partial charge in [0.1, 0.15) is 55.3 Å². The number of ether oxygens (including phenoxy) is 4. The van der Waals surface area contributed by atoms with Crippen molar-refractivity contribution in [1.29, 1.82) is 0 Å². The number of aliphatic carboxylic acids is 1. The van der Waals surface area contributed by atoms with Gasteiger partial charge in [-0.05, 0) is 80.3 Å². The first-order valence-electron chi connectivity index (χ1n) is 17.2. The van der Waals surface area contributed by atoms with Gasteiger partial charge >= 0.3 is 12.1 Å². The Hall–Kier alpha value is -4.73. The molecule has 300 valence electrons. The summed E-state index contributed by atoms with van der Waals surface area (Å²) in [5.41, 5.74) is 1.26. The number of primary sulfonamides is 1. The van der Waals surface area contributed by atoms with E-state index in [-0.39, 0.29) is 30.5 Å². The quantitative estimate of drug-likeness (QED) is 0.106. The monoisotopic (exact) mass is 822 g/mol. The number of benzene rings is 3. The molecule has 14 nitrogen and oxygen atoms in total. The lowest BCUT2D eigenvalue weighted by Crippen LogP contribution is -2.42. The second-order valence-electron chi connectivity index (χ2n) is 13.5. The standard InChI is InChI=1S/C36H38F4N6O8S2/c1-35(2)53-30(16-37)31(54-35)20-52-26-9-5-21(6-10-26)13-25(17-42-29(33(47)48)14-22-3-7-23(8-4-22)36(38,39)40)46-18-24(44-45-46)19-51-27-11-12-28-32(15-27)55-34(43-28)56(41,49)50/h3-12,15,18,25,29-31,42H,13-14,16-17,19-20H2,1-2H3,(H,47,48)(H2,41,49,50)/t25-,29+,30+,31+/m1/s1. The molecule has 3 aromatic carbocycles. The Labute approximate surface area is 322 Å². The molecule has 0 saturated carbocycles. The molecule has 4 N–H and O–H groups in total. The third-order valence-corrected chi connectivity index (χ3v) is 11.1. The van der Waals surface area contributed by atoms with Crippen LogP contribution in [0.15, 0.2) is 77.3 Å². The maximum Gasteiger partial charge on any atom is 0.416 e. The predicted octanol–water partition coefficient (Wildman–Crippen LogP) is 5.07. The second kappa shape index (κ2) is 16.8. The van der Waals surface area contributed by atoms with Crippen LogP contribution in [0.2, 0.25) is 0 Å². The van der Waals surface area contributed by atoms with Crippen LogP contribution in [0.3, 0.4) is 0 Å². The van der Waals surface area contributed by atoms with Gasteiger partial charge in [0.25, 0.3) is 10.0 Å². The van der Waals surface area contributed by atoms with Crippen LogP contribution in [0.25, 0.3) is 10.2 Å². The minimum absolute atomic E-state index is 0.0135. The van der Waals surface area contributed by atoms with Gasteiger partial charge in [-0.2, -0.15) is 13.2 Å². The molecule has 0 radical (unpaired) electrons. The SMILES string of the molecule is CC1(C)O[C@@H](CF)[C@H](COc2ccc(C[C@H](CN[C@@H](Cc3ccc(C(F)(F)F)cc3)C(=O)O)n3cc(COc4ccc5nc(S(N)(=O)=O)sc5c4)nn3)cc2)O1. The molecule has 1 aliphatic rings. The van der Waals surface area contributed by atoms with E-state index in [4.69, 9.17) is 24.1 Å². The average Bonchev–Trinajstić information content (AvgIpc) is 3.87. The lowest BCUT2D eigenvalue weighted by molar-refractivity contribution is -0.149. The highest BCUT2D eigenvalue weighted by Gasteiger charge is 2.41. The molecule has 20 heteroatoms. The first kappa shape index (κ1) is 40.9. The summed E-state index contributed by atoms with van der Waals surface area (Å²) in [6.07, 6.45) is -3.97. The number of rotatable bonds is 17. The van der Waals surface area contributed by atoms with Gasteiger partial charge in [-0.1, -0.05) is 29.5 Å². The molecule has 0 aliphatic carbocycles.